The number of hydrogen-bond donors (Lipinski definition) is 0. The number of piperidine rings is 1. The highest BCUT2D eigenvalue weighted by atomic mass is 16.2. The van der Waals surface area contributed by atoms with Gasteiger partial charge in [0, 0.05) is 50.1 Å². The van der Waals surface area contributed by atoms with Crippen LogP contribution in [-0.2, 0) is 11.2 Å². The maximum atomic E-state index is 12.6. The van der Waals surface area contributed by atoms with E-state index in [1.807, 2.05) is 23.1 Å². The fraction of sp³-hybridized carbons (Fsp3) is 0.417. The van der Waals surface area contributed by atoms with Crippen molar-refractivity contribution in [2.45, 2.75) is 25.7 Å². The summed E-state index contributed by atoms with van der Waals surface area (Å²) in [6.07, 6.45) is 11.8. The molecule has 1 aromatic heterocycles. The zero-order chi connectivity index (χ0) is 19.2. The van der Waals surface area contributed by atoms with E-state index >= 15 is 0 Å². The van der Waals surface area contributed by atoms with E-state index in [1.54, 1.807) is 18.5 Å². The first-order chi connectivity index (χ1) is 13.7. The standard InChI is InChI=1S/C24H29N3O/c28-23(8-7-22-9-14-25-15-10-22)27-18-13-24(20-27)12-4-16-26(19-24)17-11-21-5-2-1-3-6-21/h1-3,5-10,14-15H,4,11-13,16-20H2/b8-7+. The molecule has 3 heterocycles. The van der Waals surface area contributed by atoms with Crippen molar-refractivity contribution in [3.63, 3.8) is 0 Å². The second kappa shape index (κ2) is 8.70. The van der Waals surface area contributed by atoms with Crippen LogP contribution in [0.25, 0.3) is 6.08 Å². The third-order valence-electron chi connectivity index (χ3n) is 6.17. The van der Waals surface area contributed by atoms with Gasteiger partial charge < -0.3 is 9.80 Å². The molecule has 1 spiro atoms. The molecule has 1 amide bonds. The highest BCUT2D eigenvalue weighted by Crippen LogP contribution is 2.39. The van der Waals surface area contributed by atoms with Gasteiger partial charge in [-0.3, -0.25) is 9.78 Å². The van der Waals surface area contributed by atoms with Crippen molar-refractivity contribution in [1.29, 1.82) is 0 Å². The van der Waals surface area contributed by atoms with Crippen molar-refractivity contribution < 1.29 is 4.79 Å². The average molecular weight is 376 g/mol. The van der Waals surface area contributed by atoms with Crippen LogP contribution in [0.1, 0.15) is 30.4 Å². The van der Waals surface area contributed by atoms with E-state index in [1.165, 1.54) is 24.9 Å². The zero-order valence-electron chi connectivity index (χ0n) is 16.5. The van der Waals surface area contributed by atoms with Crippen molar-refractivity contribution in [2.24, 2.45) is 5.41 Å². The summed E-state index contributed by atoms with van der Waals surface area (Å²) in [5.41, 5.74) is 2.71. The van der Waals surface area contributed by atoms with Crippen LogP contribution < -0.4 is 0 Å². The van der Waals surface area contributed by atoms with Crippen LogP contribution in [0.5, 0.6) is 0 Å². The number of carbonyl (C=O) groups excluding carboxylic acids is 1. The molecular weight excluding hydrogens is 346 g/mol. The lowest BCUT2D eigenvalue weighted by atomic mass is 9.79. The van der Waals surface area contributed by atoms with E-state index in [2.05, 4.69) is 40.2 Å². The highest BCUT2D eigenvalue weighted by molar-refractivity contribution is 5.92. The van der Waals surface area contributed by atoms with Gasteiger partial charge in [0.1, 0.15) is 0 Å². The van der Waals surface area contributed by atoms with Crippen LogP contribution in [0.4, 0.5) is 0 Å². The van der Waals surface area contributed by atoms with E-state index in [0.29, 0.717) is 0 Å². The second-order valence-corrected chi connectivity index (χ2v) is 8.24. The molecule has 2 aromatic rings. The van der Waals surface area contributed by atoms with Gasteiger partial charge in [-0.05, 0) is 61.6 Å². The van der Waals surface area contributed by atoms with Crippen molar-refractivity contribution in [3.8, 4) is 0 Å². The molecule has 4 heteroatoms. The van der Waals surface area contributed by atoms with Crippen LogP contribution in [0.2, 0.25) is 0 Å². The molecule has 1 unspecified atom stereocenters. The second-order valence-electron chi connectivity index (χ2n) is 8.24. The van der Waals surface area contributed by atoms with Gasteiger partial charge in [0.25, 0.3) is 0 Å². The number of pyridine rings is 1. The van der Waals surface area contributed by atoms with Crippen LogP contribution in [0, 0.1) is 5.41 Å². The summed E-state index contributed by atoms with van der Waals surface area (Å²) in [4.78, 5) is 21.3. The van der Waals surface area contributed by atoms with Crippen LogP contribution in [0.3, 0.4) is 0 Å². The third kappa shape index (κ3) is 4.68. The monoisotopic (exact) mass is 375 g/mol. The predicted molar refractivity (Wildman–Crippen MR) is 113 cm³/mol. The van der Waals surface area contributed by atoms with Crippen molar-refractivity contribution >= 4 is 12.0 Å². The van der Waals surface area contributed by atoms with Crippen LogP contribution >= 0.6 is 0 Å². The quantitative estimate of drug-likeness (QED) is 0.749. The Hall–Kier alpha value is -2.46. The molecular formula is C24H29N3O. The van der Waals surface area contributed by atoms with Crippen molar-refractivity contribution in [2.75, 3.05) is 32.7 Å². The molecule has 4 nitrogen and oxygen atoms in total. The first-order valence-electron chi connectivity index (χ1n) is 10.4. The van der Waals surface area contributed by atoms with E-state index in [-0.39, 0.29) is 11.3 Å². The maximum absolute atomic E-state index is 12.6. The minimum Gasteiger partial charge on any atom is -0.339 e. The van der Waals surface area contributed by atoms with Gasteiger partial charge in [0.05, 0.1) is 0 Å². The number of nitrogens with zero attached hydrogens (tertiary/aromatic N) is 3. The maximum Gasteiger partial charge on any atom is 0.246 e. The van der Waals surface area contributed by atoms with Crippen molar-refractivity contribution in [1.82, 2.24) is 14.8 Å². The highest BCUT2D eigenvalue weighted by Gasteiger charge is 2.42. The molecule has 0 N–H and O–H groups in total. The molecule has 28 heavy (non-hydrogen) atoms. The van der Waals surface area contributed by atoms with Gasteiger partial charge in [0.2, 0.25) is 5.91 Å². The number of carbonyl (C=O) groups is 1. The molecule has 0 bridgehead atoms. The SMILES string of the molecule is O=C(/C=C/c1ccncc1)N1CCC2(CCCN(CCc3ccccc3)C2)C1. The summed E-state index contributed by atoms with van der Waals surface area (Å²) in [7, 11) is 0. The molecule has 2 fully saturated rings. The van der Waals surface area contributed by atoms with Gasteiger partial charge in [-0.2, -0.15) is 0 Å². The normalized spacial score (nSPS) is 22.9. The summed E-state index contributed by atoms with van der Waals surface area (Å²) >= 11 is 0. The molecule has 2 aliphatic heterocycles. The minimum atomic E-state index is 0.134. The molecule has 2 aliphatic rings. The van der Waals surface area contributed by atoms with Gasteiger partial charge in [0.15, 0.2) is 0 Å². The first-order valence-corrected chi connectivity index (χ1v) is 10.4. The number of amides is 1. The lowest BCUT2D eigenvalue weighted by Gasteiger charge is -2.40. The molecule has 0 saturated carbocycles. The molecule has 1 atom stereocenters. The Labute approximate surface area is 167 Å². The van der Waals surface area contributed by atoms with E-state index in [9.17, 15) is 4.79 Å². The van der Waals surface area contributed by atoms with E-state index < -0.39 is 0 Å². The Morgan fingerprint density at radius 1 is 1.04 bits per heavy atom. The summed E-state index contributed by atoms with van der Waals surface area (Å²) in [5, 5.41) is 0. The summed E-state index contributed by atoms with van der Waals surface area (Å²) in [6, 6.07) is 14.6. The minimum absolute atomic E-state index is 0.134. The predicted octanol–water partition coefficient (Wildman–Crippen LogP) is 3.65. The third-order valence-corrected chi connectivity index (χ3v) is 6.17. The number of rotatable bonds is 5. The molecule has 4 rings (SSSR count). The van der Waals surface area contributed by atoms with Gasteiger partial charge >= 0.3 is 0 Å². The van der Waals surface area contributed by atoms with Crippen LogP contribution in [0.15, 0.2) is 60.9 Å². The van der Waals surface area contributed by atoms with Gasteiger partial charge in [-0.25, -0.2) is 0 Å². The topological polar surface area (TPSA) is 36.4 Å². The lowest BCUT2D eigenvalue weighted by Crippen LogP contribution is -2.45. The Morgan fingerprint density at radius 2 is 1.86 bits per heavy atom. The molecule has 0 aliphatic carbocycles. The van der Waals surface area contributed by atoms with Crippen molar-refractivity contribution in [3.05, 3.63) is 72.1 Å². The average Bonchev–Trinajstić information content (AvgIpc) is 3.15. The Morgan fingerprint density at radius 3 is 2.68 bits per heavy atom. The lowest BCUT2D eigenvalue weighted by molar-refractivity contribution is -0.125. The fourth-order valence-corrected chi connectivity index (χ4v) is 4.64. The summed E-state index contributed by atoms with van der Waals surface area (Å²) in [6.45, 7) is 5.20. The fourth-order valence-electron chi connectivity index (χ4n) is 4.64. The van der Waals surface area contributed by atoms with Gasteiger partial charge in [-0.15, -0.1) is 0 Å². The number of aromatic nitrogens is 1. The number of benzene rings is 1. The first kappa shape index (κ1) is 18.9. The summed E-state index contributed by atoms with van der Waals surface area (Å²) < 4.78 is 0. The van der Waals surface area contributed by atoms with Crippen LogP contribution in [-0.4, -0.2) is 53.4 Å². The Bertz CT molecular complexity index is 805. The molecule has 146 valence electrons. The largest absolute Gasteiger partial charge is 0.339 e. The zero-order valence-corrected chi connectivity index (χ0v) is 16.5. The smallest absolute Gasteiger partial charge is 0.246 e. The van der Waals surface area contributed by atoms with Gasteiger partial charge in [-0.1, -0.05) is 30.3 Å². The number of likely N-dealkylation sites (tertiary alicyclic amines) is 2. The molecule has 1 aromatic carbocycles. The Balaban J connectivity index is 1.31. The summed E-state index contributed by atoms with van der Waals surface area (Å²) in [5.74, 6) is 0.134. The van der Waals surface area contributed by atoms with E-state index in [4.69, 9.17) is 0 Å². The van der Waals surface area contributed by atoms with E-state index in [0.717, 1.165) is 44.6 Å². The Kier molecular flexibility index (Phi) is 5.87. The molecule has 2 saturated heterocycles. The number of hydrogen-bond acceptors (Lipinski definition) is 3. The molecule has 0 radical (unpaired) electrons.